The van der Waals surface area contributed by atoms with Crippen molar-refractivity contribution >= 4 is 17.6 Å². The lowest BCUT2D eigenvalue weighted by Gasteiger charge is -2.16. The molecule has 122 valence electrons. The van der Waals surface area contributed by atoms with Gasteiger partial charge in [-0.3, -0.25) is 0 Å². The summed E-state index contributed by atoms with van der Waals surface area (Å²) >= 11 is 0. The van der Waals surface area contributed by atoms with Gasteiger partial charge in [0.05, 0.1) is 6.61 Å². The van der Waals surface area contributed by atoms with E-state index in [4.69, 9.17) is 10.5 Å². The number of ether oxygens (including phenoxy) is 1. The summed E-state index contributed by atoms with van der Waals surface area (Å²) in [4.78, 5) is 22.8. The molecule has 1 unspecified atom stereocenters. The summed E-state index contributed by atoms with van der Waals surface area (Å²) in [5.41, 5.74) is 7.54. The molecule has 5 nitrogen and oxygen atoms in total. The zero-order valence-corrected chi connectivity index (χ0v) is 13.2. The van der Waals surface area contributed by atoms with Gasteiger partial charge in [-0.2, -0.15) is 0 Å². The standard InChI is InChI=1S/C18H22N2O3/c1-4-23-17(21)16(20-18(19)22)12-13(2)10-11-14(3)15-8-6-5-7-9-15/h5-11,16H,2-4,12H2,1H3,(H3,19,20,22)/b11-10-. The van der Waals surface area contributed by atoms with Crippen LogP contribution in [0.1, 0.15) is 18.9 Å². The van der Waals surface area contributed by atoms with Crippen molar-refractivity contribution in [1.82, 2.24) is 5.32 Å². The molecule has 2 amide bonds. The third kappa shape index (κ3) is 6.65. The van der Waals surface area contributed by atoms with Gasteiger partial charge in [0.1, 0.15) is 6.04 Å². The first kappa shape index (κ1) is 18.2. The van der Waals surface area contributed by atoms with E-state index in [0.717, 1.165) is 11.1 Å². The first-order chi connectivity index (χ1) is 10.9. The average molecular weight is 314 g/mol. The van der Waals surface area contributed by atoms with E-state index in [9.17, 15) is 9.59 Å². The first-order valence-corrected chi connectivity index (χ1v) is 7.26. The van der Waals surface area contributed by atoms with Crippen LogP contribution < -0.4 is 11.1 Å². The van der Waals surface area contributed by atoms with Crippen molar-refractivity contribution < 1.29 is 14.3 Å². The van der Waals surface area contributed by atoms with Gasteiger partial charge in [0.25, 0.3) is 0 Å². The molecule has 23 heavy (non-hydrogen) atoms. The Labute approximate surface area is 136 Å². The lowest BCUT2D eigenvalue weighted by atomic mass is 10.0. The normalized spacial score (nSPS) is 11.7. The van der Waals surface area contributed by atoms with Crippen LogP contribution in [0.25, 0.3) is 5.57 Å². The largest absolute Gasteiger partial charge is 0.464 e. The summed E-state index contributed by atoms with van der Waals surface area (Å²) in [5, 5.41) is 2.36. The van der Waals surface area contributed by atoms with E-state index in [0.29, 0.717) is 5.57 Å². The van der Waals surface area contributed by atoms with Gasteiger partial charge in [-0.1, -0.05) is 61.2 Å². The number of hydrogen-bond acceptors (Lipinski definition) is 3. The van der Waals surface area contributed by atoms with Crippen LogP contribution in [0.3, 0.4) is 0 Å². The number of amides is 2. The van der Waals surface area contributed by atoms with Crippen molar-refractivity contribution in [2.45, 2.75) is 19.4 Å². The Balaban J connectivity index is 2.67. The summed E-state index contributed by atoms with van der Waals surface area (Å²) in [6.45, 7) is 9.78. The van der Waals surface area contributed by atoms with Gasteiger partial charge in [0.2, 0.25) is 0 Å². The smallest absolute Gasteiger partial charge is 0.329 e. The molecule has 0 aliphatic rings. The molecule has 1 atom stereocenters. The number of rotatable bonds is 8. The van der Waals surface area contributed by atoms with E-state index in [-0.39, 0.29) is 13.0 Å². The second-order valence-electron chi connectivity index (χ2n) is 4.90. The minimum Gasteiger partial charge on any atom is -0.464 e. The number of primary amides is 1. The van der Waals surface area contributed by atoms with Crippen LogP contribution in [0, 0.1) is 0 Å². The fourth-order valence-electron chi connectivity index (χ4n) is 1.90. The molecule has 0 spiro atoms. The Morgan fingerprint density at radius 3 is 2.48 bits per heavy atom. The molecule has 0 radical (unpaired) electrons. The average Bonchev–Trinajstić information content (AvgIpc) is 2.52. The number of nitrogens with one attached hydrogen (secondary N) is 1. The minimum atomic E-state index is -0.852. The molecule has 3 N–H and O–H groups in total. The monoisotopic (exact) mass is 314 g/mol. The van der Waals surface area contributed by atoms with Crippen LogP contribution in [-0.2, 0) is 9.53 Å². The molecule has 1 aromatic rings. The summed E-state index contributed by atoms with van der Waals surface area (Å²) in [6, 6.07) is 8.05. The minimum absolute atomic E-state index is 0.209. The second kappa shape index (κ2) is 9.25. The predicted molar refractivity (Wildman–Crippen MR) is 91.5 cm³/mol. The maximum atomic E-state index is 11.8. The van der Waals surface area contributed by atoms with Gasteiger partial charge in [0, 0.05) is 6.42 Å². The Morgan fingerprint density at radius 1 is 1.26 bits per heavy atom. The number of esters is 1. The topological polar surface area (TPSA) is 81.4 Å². The fourth-order valence-corrected chi connectivity index (χ4v) is 1.90. The van der Waals surface area contributed by atoms with E-state index in [1.165, 1.54) is 0 Å². The maximum absolute atomic E-state index is 11.8. The van der Waals surface area contributed by atoms with Crippen LogP contribution in [0.2, 0.25) is 0 Å². The highest BCUT2D eigenvalue weighted by atomic mass is 16.5. The predicted octanol–water partition coefficient (Wildman–Crippen LogP) is 2.80. The number of allylic oxidation sites excluding steroid dienone is 3. The number of hydrogen-bond donors (Lipinski definition) is 2. The molecule has 0 aliphatic heterocycles. The Morgan fingerprint density at radius 2 is 1.91 bits per heavy atom. The molecule has 0 bridgehead atoms. The van der Waals surface area contributed by atoms with Crippen molar-refractivity contribution in [3.8, 4) is 0 Å². The number of urea groups is 1. The fraction of sp³-hybridized carbons (Fsp3) is 0.222. The van der Waals surface area contributed by atoms with E-state index < -0.39 is 18.0 Å². The molecular formula is C18H22N2O3. The van der Waals surface area contributed by atoms with E-state index in [2.05, 4.69) is 18.5 Å². The highest BCUT2D eigenvalue weighted by molar-refractivity contribution is 5.83. The highest BCUT2D eigenvalue weighted by Crippen LogP contribution is 2.15. The molecule has 1 rings (SSSR count). The molecule has 0 aromatic heterocycles. The van der Waals surface area contributed by atoms with Gasteiger partial charge >= 0.3 is 12.0 Å². The highest BCUT2D eigenvalue weighted by Gasteiger charge is 2.21. The van der Waals surface area contributed by atoms with Crippen LogP contribution >= 0.6 is 0 Å². The number of benzene rings is 1. The van der Waals surface area contributed by atoms with Crippen molar-refractivity contribution in [2.24, 2.45) is 5.73 Å². The molecule has 0 saturated heterocycles. The molecule has 0 aliphatic carbocycles. The van der Waals surface area contributed by atoms with E-state index in [1.807, 2.05) is 36.4 Å². The molecule has 0 fully saturated rings. The molecule has 0 heterocycles. The summed E-state index contributed by atoms with van der Waals surface area (Å²) in [6.07, 6.45) is 3.77. The SMILES string of the molecule is C=C(/C=C\C(=C)c1ccccc1)CC(NC(N)=O)C(=O)OCC. The Kier molecular flexibility index (Phi) is 7.33. The maximum Gasteiger partial charge on any atom is 0.329 e. The molecule has 0 saturated carbocycles. The Hall–Kier alpha value is -2.82. The van der Waals surface area contributed by atoms with Crippen LogP contribution in [0.15, 0.2) is 61.2 Å². The van der Waals surface area contributed by atoms with Crippen LogP contribution in [0.5, 0.6) is 0 Å². The number of nitrogens with two attached hydrogens (primary N) is 1. The number of carbonyl (C=O) groups is 2. The molecule has 5 heteroatoms. The van der Waals surface area contributed by atoms with Gasteiger partial charge in [-0.15, -0.1) is 0 Å². The third-order valence-electron chi connectivity index (χ3n) is 3.02. The lowest BCUT2D eigenvalue weighted by molar-refractivity contribution is -0.145. The first-order valence-electron chi connectivity index (χ1n) is 7.26. The number of carbonyl (C=O) groups excluding carboxylic acids is 2. The van der Waals surface area contributed by atoms with Gasteiger partial charge in [0.15, 0.2) is 0 Å². The summed E-state index contributed by atoms with van der Waals surface area (Å²) < 4.78 is 4.91. The van der Waals surface area contributed by atoms with Crippen molar-refractivity contribution in [1.29, 1.82) is 0 Å². The van der Waals surface area contributed by atoms with Crippen molar-refractivity contribution in [3.05, 3.63) is 66.8 Å². The summed E-state index contributed by atoms with van der Waals surface area (Å²) in [5.74, 6) is -0.539. The van der Waals surface area contributed by atoms with Gasteiger partial charge < -0.3 is 15.8 Å². The van der Waals surface area contributed by atoms with Gasteiger partial charge in [-0.05, 0) is 18.1 Å². The van der Waals surface area contributed by atoms with Crippen LogP contribution in [0.4, 0.5) is 4.79 Å². The molecular weight excluding hydrogens is 292 g/mol. The van der Waals surface area contributed by atoms with Gasteiger partial charge in [-0.25, -0.2) is 9.59 Å². The third-order valence-corrected chi connectivity index (χ3v) is 3.02. The quantitative estimate of drug-likeness (QED) is 0.572. The zero-order valence-electron chi connectivity index (χ0n) is 13.2. The van der Waals surface area contributed by atoms with E-state index in [1.54, 1.807) is 13.0 Å². The zero-order chi connectivity index (χ0) is 17.2. The van der Waals surface area contributed by atoms with Crippen molar-refractivity contribution in [2.75, 3.05) is 6.61 Å². The second-order valence-corrected chi connectivity index (χ2v) is 4.90. The van der Waals surface area contributed by atoms with E-state index >= 15 is 0 Å². The summed E-state index contributed by atoms with van der Waals surface area (Å²) in [7, 11) is 0. The van der Waals surface area contributed by atoms with Crippen LogP contribution in [-0.4, -0.2) is 24.6 Å². The lowest BCUT2D eigenvalue weighted by Crippen LogP contribution is -2.44. The molecule has 1 aromatic carbocycles. The Bertz CT molecular complexity index is 606. The van der Waals surface area contributed by atoms with Crippen molar-refractivity contribution in [3.63, 3.8) is 0 Å².